The fraction of sp³-hybridized carbons (Fsp3) is 0.478. The molecule has 0 bridgehead atoms. The summed E-state index contributed by atoms with van der Waals surface area (Å²) in [5.41, 5.74) is 3.20. The molecule has 0 aliphatic carbocycles. The normalized spacial score (nSPS) is 21.2. The largest absolute Gasteiger partial charge is 0.454 e. The summed E-state index contributed by atoms with van der Waals surface area (Å²) in [7, 11) is 0. The summed E-state index contributed by atoms with van der Waals surface area (Å²) >= 11 is 0. The number of hydrogen-bond donors (Lipinski definition) is 0. The van der Waals surface area contributed by atoms with E-state index in [4.69, 9.17) is 18.9 Å². The number of likely N-dealkylation sites (tertiary alicyclic amines) is 2. The molecule has 152 valence electrons. The molecule has 6 heteroatoms. The summed E-state index contributed by atoms with van der Waals surface area (Å²) in [5, 5.41) is 0. The van der Waals surface area contributed by atoms with Gasteiger partial charge in [-0.2, -0.15) is 0 Å². The molecule has 4 aliphatic rings. The van der Waals surface area contributed by atoms with Gasteiger partial charge in [0.1, 0.15) is 0 Å². The first kappa shape index (κ1) is 17.4. The third-order valence-corrected chi connectivity index (χ3v) is 6.54. The Labute approximate surface area is 170 Å². The number of ether oxygens (including phenoxy) is 4. The van der Waals surface area contributed by atoms with E-state index >= 15 is 0 Å². The zero-order chi connectivity index (χ0) is 19.3. The molecule has 2 aromatic carbocycles. The van der Waals surface area contributed by atoms with Crippen LogP contribution >= 0.6 is 0 Å². The molecule has 0 saturated carbocycles. The molecular formula is C23H26N2O4. The van der Waals surface area contributed by atoms with Gasteiger partial charge in [0.15, 0.2) is 23.0 Å². The van der Waals surface area contributed by atoms with Gasteiger partial charge in [0.25, 0.3) is 0 Å². The molecule has 2 aromatic rings. The molecule has 0 aromatic heterocycles. The lowest BCUT2D eigenvalue weighted by Gasteiger charge is -2.60. The number of benzene rings is 2. The Morgan fingerprint density at radius 1 is 0.621 bits per heavy atom. The van der Waals surface area contributed by atoms with Gasteiger partial charge in [-0.15, -0.1) is 0 Å². The molecule has 0 radical (unpaired) electrons. The summed E-state index contributed by atoms with van der Waals surface area (Å²) in [6.07, 6.45) is 2.14. The summed E-state index contributed by atoms with van der Waals surface area (Å²) < 4.78 is 21.7. The van der Waals surface area contributed by atoms with E-state index in [9.17, 15) is 0 Å². The quantitative estimate of drug-likeness (QED) is 0.750. The Bertz CT molecular complexity index is 840. The standard InChI is InChI=1S/C23H26N2O4/c1-3-19-21(28-15-26-19)9-17(1)5-7-24-11-23(12-24)13-25(14-23)8-6-18-2-4-20-22(10-18)29-16-27-20/h1-4,9-10H,5-8,11-16H2. The van der Waals surface area contributed by atoms with Crippen molar-refractivity contribution < 1.29 is 18.9 Å². The van der Waals surface area contributed by atoms with Crippen molar-refractivity contribution in [3.63, 3.8) is 0 Å². The smallest absolute Gasteiger partial charge is 0.231 e. The first-order valence-corrected chi connectivity index (χ1v) is 10.5. The van der Waals surface area contributed by atoms with Crippen LogP contribution in [0.3, 0.4) is 0 Å². The zero-order valence-corrected chi connectivity index (χ0v) is 16.6. The molecule has 0 unspecified atom stereocenters. The van der Waals surface area contributed by atoms with Gasteiger partial charge in [-0.1, -0.05) is 12.1 Å². The van der Waals surface area contributed by atoms with Crippen LogP contribution in [-0.2, 0) is 12.8 Å². The van der Waals surface area contributed by atoms with E-state index in [-0.39, 0.29) is 0 Å². The second kappa shape index (κ2) is 6.82. The minimum atomic E-state index is 0.346. The van der Waals surface area contributed by atoms with Gasteiger partial charge in [0.05, 0.1) is 0 Å². The van der Waals surface area contributed by atoms with E-state index in [1.165, 1.54) is 37.3 Å². The Kier molecular flexibility index (Phi) is 4.09. The third-order valence-electron chi connectivity index (χ3n) is 6.54. The molecule has 4 heterocycles. The lowest BCUT2D eigenvalue weighted by molar-refractivity contribution is -0.113. The topological polar surface area (TPSA) is 43.4 Å². The van der Waals surface area contributed by atoms with Crippen molar-refractivity contribution >= 4 is 0 Å². The monoisotopic (exact) mass is 394 g/mol. The van der Waals surface area contributed by atoms with E-state index in [0.29, 0.717) is 19.0 Å². The molecule has 0 atom stereocenters. The van der Waals surface area contributed by atoms with Crippen LogP contribution in [0, 0.1) is 5.41 Å². The summed E-state index contributed by atoms with van der Waals surface area (Å²) in [4.78, 5) is 5.17. The number of hydrogen-bond acceptors (Lipinski definition) is 6. The summed E-state index contributed by atoms with van der Waals surface area (Å²) in [6, 6.07) is 12.6. The molecule has 6 rings (SSSR count). The molecule has 29 heavy (non-hydrogen) atoms. The van der Waals surface area contributed by atoms with Crippen molar-refractivity contribution in [2.75, 3.05) is 52.9 Å². The first-order valence-electron chi connectivity index (χ1n) is 10.5. The highest BCUT2D eigenvalue weighted by atomic mass is 16.7. The molecule has 0 N–H and O–H groups in total. The Balaban J connectivity index is 0.929. The molecule has 4 aliphatic heterocycles. The van der Waals surface area contributed by atoms with Crippen molar-refractivity contribution in [1.82, 2.24) is 9.80 Å². The van der Waals surface area contributed by atoms with Crippen LogP contribution in [-0.4, -0.2) is 62.7 Å². The van der Waals surface area contributed by atoms with Crippen molar-refractivity contribution in [2.24, 2.45) is 5.41 Å². The van der Waals surface area contributed by atoms with Crippen molar-refractivity contribution in [3.05, 3.63) is 47.5 Å². The highest BCUT2D eigenvalue weighted by Gasteiger charge is 2.50. The molecular weight excluding hydrogens is 368 g/mol. The predicted molar refractivity (Wildman–Crippen MR) is 108 cm³/mol. The molecule has 6 nitrogen and oxygen atoms in total. The van der Waals surface area contributed by atoms with Crippen LogP contribution in [0.2, 0.25) is 0 Å². The summed E-state index contributed by atoms with van der Waals surface area (Å²) in [6.45, 7) is 7.88. The lowest BCUT2D eigenvalue weighted by atomic mass is 9.72. The number of fused-ring (bicyclic) bond motifs is 2. The van der Waals surface area contributed by atoms with E-state index in [1.807, 2.05) is 12.1 Å². The molecule has 2 saturated heterocycles. The highest BCUT2D eigenvalue weighted by molar-refractivity contribution is 5.45. The fourth-order valence-corrected chi connectivity index (χ4v) is 5.09. The van der Waals surface area contributed by atoms with Gasteiger partial charge in [0, 0.05) is 44.7 Å². The van der Waals surface area contributed by atoms with Gasteiger partial charge in [0.2, 0.25) is 13.6 Å². The van der Waals surface area contributed by atoms with Crippen LogP contribution in [0.5, 0.6) is 23.0 Å². The fourth-order valence-electron chi connectivity index (χ4n) is 5.09. The van der Waals surface area contributed by atoms with Crippen molar-refractivity contribution in [2.45, 2.75) is 12.8 Å². The average Bonchev–Trinajstić information content (AvgIpc) is 3.33. The van der Waals surface area contributed by atoms with Gasteiger partial charge in [-0.05, 0) is 48.2 Å². The maximum atomic E-state index is 5.48. The average molecular weight is 394 g/mol. The van der Waals surface area contributed by atoms with Crippen molar-refractivity contribution in [3.8, 4) is 23.0 Å². The van der Waals surface area contributed by atoms with Gasteiger partial charge >= 0.3 is 0 Å². The van der Waals surface area contributed by atoms with Gasteiger partial charge in [-0.3, -0.25) is 0 Å². The Morgan fingerprint density at radius 3 is 1.55 bits per heavy atom. The highest BCUT2D eigenvalue weighted by Crippen LogP contribution is 2.40. The SMILES string of the molecule is c1cc2c(cc1CCN1CC3(C1)CN(CCc1ccc4c(c1)OCO4)C3)OCO2. The van der Waals surface area contributed by atoms with E-state index < -0.39 is 0 Å². The second-order valence-electron chi connectivity index (χ2n) is 8.80. The molecule has 1 spiro atoms. The first-order chi connectivity index (χ1) is 14.2. The third kappa shape index (κ3) is 3.30. The Morgan fingerprint density at radius 2 is 1.07 bits per heavy atom. The van der Waals surface area contributed by atoms with Gasteiger partial charge < -0.3 is 28.7 Å². The van der Waals surface area contributed by atoms with Crippen LogP contribution in [0.1, 0.15) is 11.1 Å². The Hall–Kier alpha value is -2.44. The van der Waals surface area contributed by atoms with Gasteiger partial charge in [-0.25, -0.2) is 0 Å². The summed E-state index contributed by atoms with van der Waals surface area (Å²) in [5.74, 6) is 3.51. The lowest BCUT2D eigenvalue weighted by Crippen LogP contribution is -2.72. The number of rotatable bonds is 6. The predicted octanol–water partition coefficient (Wildman–Crippen LogP) is 2.55. The maximum Gasteiger partial charge on any atom is 0.231 e. The van der Waals surface area contributed by atoms with E-state index in [1.54, 1.807) is 0 Å². The van der Waals surface area contributed by atoms with Crippen LogP contribution in [0.4, 0.5) is 0 Å². The molecule has 0 amide bonds. The minimum Gasteiger partial charge on any atom is -0.454 e. The van der Waals surface area contributed by atoms with Crippen LogP contribution < -0.4 is 18.9 Å². The maximum absolute atomic E-state index is 5.48. The number of nitrogens with zero attached hydrogens (tertiary/aromatic N) is 2. The second-order valence-corrected chi connectivity index (χ2v) is 8.80. The minimum absolute atomic E-state index is 0.346. The molecule has 2 fully saturated rings. The van der Waals surface area contributed by atoms with E-state index in [0.717, 1.165) is 48.9 Å². The van der Waals surface area contributed by atoms with E-state index in [2.05, 4.69) is 34.1 Å². The van der Waals surface area contributed by atoms with Crippen molar-refractivity contribution in [1.29, 1.82) is 0 Å². The van der Waals surface area contributed by atoms with Crippen LogP contribution in [0.25, 0.3) is 0 Å². The van der Waals surface area contributed by atoms with Crippen LogP contribution in [0.15, 0.2) is 36.4 Å². The zero-order valence-electron chi connectivity index (χ0n) is 16.6.